The minimum atomic E-state index is -1.24. The predicted octanol–water partition coefficient (Wildman–Crippen LogP) is -7.25. The summed E-state index contributed by atoms with van der Waals surface area (Å²) in [6, 6.07) is -1.18. The monoisotopic (exact) mass is 387 g/mol. The molecule has 0 fully saturated rings. The second-order valence-corrected chi connectivity index (χ2v) is 3.63. The van der Waals surface area contributed by atoms with Gasteiger partial charge in [-0.3, -0.25) is 14.4 Å². The third-order valence-electron chi connectivity index (χ3n) is 1.77. The van der Waals surface area contributed by atoms with Gasteiger partial charge >= 0.3 is 127 Å². The van der Waals surface area contributed by atoms with Crippen molar-refractivity contribution in [2.45, 2.75) is 31.7 Å². The number of aliphatic imine (C=N–C) groups is 1. The van der Waals surface area contributed by atoms with E-state index in [4.69, 9.17) is 31.9 Å². The molecule has 0 heterocycles. The summed E-state index contributed by atoms with van der Waals surface area (Å²) >= 11 is 0. The summed E-state index contributed by atoms with van der Waals surface area (Å²) in [6.45, 7) is 0. The first-order valence-corrected chi connectivity index (χ1v) is 5.53. The fourth-order valence-electron chi connectivity index (χ4n) is 0.897. The first-order chi connectivity index (χ1) is 9.56. The average molecular weight is 387 g/mol. The molecule has 13 heteroatoms. The molecule has 0 aliphatic rings. The van der Waals surface area contributed by atoms with Crippen molar-refractivity contribution >= 4 is 29.8 Å². The van der Waals surface area contributed by atoms with Gasteiger partial charge in [-0.1, -0.05) is 0 Å². The van der Waals surface area contributed by atoms with Gasteiger partial charge in [-0.2, -0.15) is 0 Å². The van der Waals surface area contributed by atoms with Gasteiger partial charge in [0.25, 0.3) is 0 Å². The molecule has 0 rings (SSSR count). The van der Waals surface area contributed by atoms with Gasteiger partial charge in [0.1, 0.15) is 0 Å². The van der Waals surface area contributed by atoms with Crippen molar-refractivity contribution in [3.8, 4) is 0 Å². The molecule has 0 radical (unpaired) electrons. The molecule has 0 spiro atoms. The number of carboxylic acid groups (broad SMARTS) is 4. The van der Waals surface area contributed by atoms with Gasteiger partial charge in [-0.05, 0) is 6.42 Å². The van der Waals surface area contributed by atoms with E-state index in [0.717, 1.165) is 0 Å². The van der Waals surface area contributed by atoms with Gasteiger partial charge in [-0.15, -0.1) is 0 Å². The maximum Gasteiger partial charge on any atom is 1.00 e. The van der Waals surface area contributed by atoms with Gasteiger partial charge in [0.05, 0.1) is 12.8 Å². The molecule has 124 valence electrons. The van der Waals surface area contributed by atoms with Crippen LogP contribution in [0, 0.1) is 0 Å². The Hall–Kier alpha value is 0.423. The first kappa shape index (κ1) is 31.2. The van der Waals surface area contributed by atoms with E-state index in [9.17, 15) is 19.2 Å². The van der Waals surface area contributed by atoms with E-state index in [1.165, 1.54) is 0 Å². The van der Waals surface area contributed by atoms with Crippen molar-refractivity contribution in [1.29, 1.82) is 0 Å². The fraction of sp³-hybridized carbons (Fsp3) is 0.500. The van der Waals surface area contributed by atoms with Crippen molar-refractivity contribution in [3.05, 3.63) is 0 Å². The van der Waals surface area contributed by atoms with Crippen LogP contribution in [0.25, 0.3) is 0 Å². The first-order valence-electron chi connectivity index (χ1n) is 5.53. The normalized spacial score (nSPS) is 9.57. The second-order valence-electron chi connectivity index (χ2n) is 3.63. The number of hydrogen-bond acceptors (Lipinski definition) is 5. The molecule has 1 atom stereocenters. The molecule has 23 heavy (non-hydrogen) atoms. The van der Waals surface area contributed by atoms with E-state index in [2.05, 4.69) is 4.99 Å². The Balaban J connectivity index is -0.0000000671. The van der Waals surface area contributed by atoms with Gasteiger partial charge in [0.15, 0.2) is 12.0 Å². The Morgan fingerprint density at radius 2 is 1.17 bits per heavy atom. The molecule has 0 aromatic rings. The van der Waals surface area contributed by atoms with Crippen molar-refractivity contribution < 1.29 is 145 Å². The van der Waals surface area contributed by atoms with Gasteiger partial charge < -0.3 is 34.7 Å². The molecule has 0 saturated heterocycles. The summed E-state index contributed by atoms with van der Waals surface area (Å²) in [6.07, 6.45) is -0.999. The molecule has 0 bridgehead atoms. The van der Waals surface area contributed by atoms with Crippen molar-refractivity contribution in [3.63, 3.8) is 0 Å². The van der Waals surface area contributed by atoms with E-state index in [-0.39, 0.29) is 137 Å². The quantitative estimate of drug-likeness (QED) is 0.131. The van der Waals surface area contributed by atoms with E-state index in [1.807, 2.05) is 0 Å². The smallest absolute Gasteiger partial charge is 1.00 e. The molecule has 11 nitrogen and oxygen atoms in total. The number of nitrogens with zero attached hydrogens (tertiary/aromatic N) is 1. The van der Waals surface area contributed by atoms with E-state index < -0.39 is 29.9 Å². The predicted molar refractivity (Wildman–Crippen MR) is 70.8 cm³/mol. The Morgan fingerprint density at radius 1 is 0.826 bits per heavy atom. The van der Waals surface area contributed by atoms with Crippen LogP contribution in [0.5, 0.6) is 0 Å². The summed E-state index contributed by atoms with van der Waals surface area (Å²) in [5.74, 6) is -4.84. The molecule has 0 unspecified atom stereocenters. The zero-order valence-electron chi connectivity index (χ0n) is 14.9. The zero-order chi connectivity index (χ0) is 17.0. The summed E-state index contributed by atoms with van der Waals surface area (Å²) in [4.78, 5) is 43.2. The number of carboxylic acids is 4. The summed E-state index contributed by atoms with van der Waals surface area (Å²) < 4.78 is 0. The van der Waals surface area contributed by atoms with Crippen LogP contribution in [0.1, 0.15) is 28.5 Å². The molecule has 0 aliphatic heterocycles. The molecular weight excluding hydrogens is 368 g/mol. The van der Waals surface area contributed by atoms with Crippen LogP contribution >= 0.6 is 0 Å². The van der Waals surface area contributed by atoms with Crippen LogP contribution in [0.3, 0.4) is 0 Å². The van der Waals surface area contributed by atoms with Crippen molar-refractivity contribution in [1.82, 2.24) is 0 Å². The molecule has 0 amide bonds. The molecule has 0 aliphatic carbocycles. The van der Waals surface area contributed by atoms with Gasteiger partial charge in [-0.25, -0.2) is 9.79 Å². The maximum atomic E-state index is 10.4. The Morgan fingerprint density at radius 3 is 1.39 bits per heavy atom. The Kier molecular flexibility index (Phi) is 25.5. The Labute approximate surface area is 219 Å². The third kappa shape index (κ3) is 27.6. The molecule has 0 aromatic heterocycles. The minimum Gasteiger partial charge on any atom is -1.00 e. The SMILES string of the molecule is NC(N)=N[C@@H](CCC(=O)O)C(=O)O.O=C(O)CCC(=O)O.[H-].[H-].[K+].[K+]. The second kappa shape index (κ2) is 18.8. The zero-order valence-corrected chi connectivity index (χ0v) is 19.2. The standard InChI is InChI=1S/C6H11N3O4.C4H6O4.2K.2H/c7-6(8)9-3(5(12)13)1-2-4(10)11;5-3(6)1-2-4(7)8;;;;/h3H,1-2H2,(H,10,11)(H,12,13)(H4,7,8,9);1-2H2,(H,5,6)(H,7,8);;;;/q;;2*+1;2*-1/t3-;;;;;/m0...../s1. The Bertz CT molecular complexity index is 422. The van der Waals surface area contributed by atoms with Gasteiger partial charge in [0.2, 0.25) is 0 Å². The van der Waals surface area contributed by atoms with Crippen molar-refractivity contribution in [2.75, 3.05) is 0 Å². The van der Waals surface area contributed by atoms with Crippen LogP contribution in [-0.2, 0) is 19.2 Å². The number of aliphatic carboxylic acids is 4. The molecule has 8 N–H and O–H groups in total. The van der Waals surface area contributed by atoms with Crippen LogP contribution < -0.4 is 114 Å². The van der Waals surface area contributed by atoms with Crippen molar-refractivity contribution in [2.24, 2.45) is 16.5 Å². The number of carbonyl (C=O) groups is 4. The van der Waals surface area contributed by atoms with E-state index in [1.54, 1.807) is 0 Å². The van der Waals surface area contributed by atoms with Crippen LogP contribution in [0.4, 0.5) is 0 Å². The molecular formula is C10H19K2N3O8. The fourth-order valence-corrected chi connectivity index (χ4v) is 0.897. The summed E-state index contributed by atoms with van der Waals surface area (Å²) in [7, 11) is 0. The van der Waals surface area contributed by atoms with E-state index >= 15 is 0 Å². The van der Waals surface area contributed by atoms with Crippen LogP contribution in [0.15, 0.2) is 4.99 Å². The largest absolute Gasteiger partial charge is 1.00 e. The van der Waals surface area contributed by atoms with E-state index in [0.29, 0.717) is 0 Å². The molecule has 0 aromatic carbocycles. The topological polar surface area (TPSA) is 214 Å². The third-order valence-corrected chi connectivity index (χ3v) is 1.77. The summed E-state index contributed by atoms with van der Waals surface area (Å²) in [5, 5.41) is 32.6. The number of guanidine groups is 1. The van der Waals surface area contributed by atoms with Crippen LogP contribution in [0.2, 0.25) is 0 Å². The van der Waals surface area contributed by atoms with Crippen LogP contribution in [-0.4, -0.2) is 56.3 Å². The number of hydrogen-bond donors (Lipinski definition) is 6. The summed E-state index contributed by atoms with van der Waals surface area (Å²) in [5.41, 5.74) is 9.91. The average Bonchev–Trinajstić information content (AvgIpc) is 2.31. The maximum absolute atomic E-state index is 10.4. The number of nitrogens with two attached hydrogens (primary N) is 2. The minimum absolute atomic E-state index is 0. The van der Waals surface area contributed by atoms with Gasteiger partial charge in [0, 0.05) is 6.42 Å². The molecule has 0 saturated carbocycles. The number of rotatable bonds is 8.